The Morgan fingerprint density at radius 1 is 1.13 bits per heavy atom. The molecule has 1 atom stereocenters. The van der Waals surface area contributed by atoms with Gasteiger partial charge in [-0.3, -0.25) is 0 Å². The van der Waals surface area contributed by atoms with E-state index >= 15 is 0 Å². The summed E-state index contributed by atoms with van der Waals surface area (Å²) in [6.45, 7) is 0.706. The second-order valence-electron chi connectivity index (χ2n) is 5.73. The van der Waals surface area contributed by atoms with Crippen molar-refractivity contribution in [1.82, 2.24) is 10.3 Å². The molecule has 0 radical (unpaired) electrons. The zero-order chi connectivity index (χ0) is 16.0. The van der Waals surface area contributed by atoms with Gasteiger partial charge >= 0.3 is 0 Å². The molecule has 4 rings (SSSR count). The topological polar surface area (TPSA) is 37.0 Å². The van der Waals surface area contributed by atoms with E-state index in [1.807, 2.05) is 18.2 Å². The van der Waals surface area contributed by atoms with E-state index in [9.17, 15) is 8.78 Å². The highest BCUT2D eigenvalue weighted by atomic mass is 19.1. The molecule has 0 spiro atoms. The molecule has 118 valence electrons. The molecular formula is C18H16F2N2O. The SMILES string of the molecule is COc1ccc2[nH]c3c(c2c1)CCNC3c1cc(F)ccc1F. The second kappa shape index (κ2) is 5.35. The molecule has 0 saturated heterocycles. The molecule has 1 aliphatic rings. The maximum atomic E-state index is 14.2. The maximum absolute atomic E-state index is 14.2. The average Bonchev–Trinajstić information content (AvgIpc) is 2.95. The number of benzene rings is 2. The van der Waals surface area contributed by atoms with E-state index in [-0.39, 0.29) is 6.04 Å². The van der Waals surface area contributed by atoms with E-state index in [0.717, 1.165) is 40.4 Å². The molecular weight excluding hydrogens is 298 g/mol. The number of hydrogen-bond acceptors (Lipinski definition) is 2. The Bertz CT molecular complexity index is 888. The third kappa shape index (κ3) is 2.28. The molecule has 1 aromatic heterocycles. The summed E-state index contributed by atoms with van der Waals surface area (Å²) in [4.78, 5) is 3.36. The van der Waals surface area contributed by atoms with Crippen molar-refractivity contribution in [3.8, 4) is 5.75 Å². The average molecular weight is 314 g/mol. The first kappa shape index (κ1) is 14.2. The quantitative estimate of drug-likeness (QED) is 0.757. The number of nitrogens with one attached hydrogen (secondary N) is 2. The molecule has 0 amide bonds. The zero-order valence-corrected chi connectivity index (χ0v) is 12.6. The minimum absolute atomic E-state index is 0.324. The van der Waals surface area contributed by atoms with Crippen molar-refractivity contribution < 1.29 is 13.5 Å². The molecule has 2 heterocycles. The molecule has 2 aromatic carbocycles. The number of rotatable bonds is 2. The minimum atomic E-state index is -0.437. The summed E-state index contributed by atoms with van der Waals surface area (Å²) in [5, 5.41) is 4.35. The zero-order valence-electron chi connectivity index (χ0n) is 12.6. The summed E-state index contributed by atoms with van der Waals surface area (Å²) in [6, 6.07) is 9.00. The summed E-state index contributed by atoms with van der Waals surface area (Å²) in [7, 11) is 1.63. The number of methoxy groups -OCH3 is 1. The predicted octanol–water partition coefficient (Wildman–Crippen LogP) is 3.69. The maximum Gasteiger partial charge on any atom is 0.128 e. The fourth-order valence-corrected chi connectivity index (χ4v) is 3.34. The minimum Gasteiger partial charge on any atom is -0.497 e. The van der Waals surface area contributed by atoms with Gasteiger partial charge in [0, 0.05) is 28.7 Å². The van der Waals surface area contributed by atoms with Gasteiger partial charge in [-0.1, -0.05) is 0 Å². The first-order valence-corrected chi connectivity index (χ1v) is 7.54. The third-order valence-corrected chi connectivity index (χ3v) is 4.43. The van der Waals surface area contributed by atoms with E-state index < -0.39 is 11.6 Å². The van der Waals surface area contributed by atoms with Crippen LogP contribution in [-0.4, -0.2) is 18.6 Å². The predicted molar refractivity (Wildman–Crippen MR) is 84.8 cm³/mol. The molecule has 5 heteroatoms. The first-order chi connectivity index (χ1) is 11.2. The van der Waals surface area contributed by atoms with Crippen LogP contribution in [0.2, 0.25) is 0 Å². The molecule has 1 unspecified atom stereocenters. The summed E-state index contributed by atoms with van der Waals surface area (Å²) in [6.07, 6.45) is 0.829. The molecule has 0 fully saturated rings. The van der Waals surface area contributed by atoms with Gasteiger partial charge in [0.1, 0.15) is 17.4 Å². The van der Waals surface area contributed by atoms with Crippen molar-refractivity contribution in [2.45, 2.75) is 12.5 Å². The van der Waals surface area contributed by atoms with E-state index in [0.29, 0.717) is 12.1 Å². The Morgan fingerprint density at radius 2 is 2.00 bits per heavy atom. The van der Waals surface area contributed by atoms with Gasteiger partial charge in [-0.05, 0) is 48.4 Å². The summed E-state index contributed by atoms with van der Waals surface area (Å²) in [5.74, 6) is -0.0626. The van der Waals surface area contributed by atoms with Crippen molar-refractivity contribution in [3.63, 3.8) is 0 Å². The lowest BCUT2D eigenvalue weighted by molar-refractivity contribution is 0.415. The van der Waals surface area contributed by atoms with Crippen molar-refractivity contribution in [3.05, 3.63) is 64.9 Å². The first-order valence-electron chi connectivity index (χ1n) is 7.54. The number of aromatic amines is 1. The number of ether oxygens (including phenoxy) is 1. The number of hydrogen-bond donors (Lipinski definition) is 2. The molecule has 2 N–H and O–H groups in total. The number of halogens is 2. The van der Waals surface area contributed by atoms with Gasteiger partial charge in [-0.25, -0.2) is 8.78 Å². The van der Waals surface area contributed by atoms with Crippen LogP contribution >= 0.6 is 0 Å². The van der Waals surface area contributed by atoms with Gasteiger partial charge < -0.3 is 15.0 Å². The van der Waals surface area contributed by atoms with Gasteiger partial charge in [0.2, 0.25) is 0 Å². The van der Waals surface area contributed by atoms with Crippen LogP contribution in [0.5, 0.6) is 5.75 Å². The fourth-order valence-electron chi connectivity index (χ4n) is 3.34. The molecule has 23 heavy (non-hydrogen) atoms. The lowest BCUT2D eigenvalue weighted by Gasteiger charge is -2.25. The van der Waals surface area contributed by atoms with E-state index in [1.54, 1.807) is 7.11 Å². The smallest absolute Gasteiger partial charge is 0.128 e. The monoisotopic (exact) mass is 314 g/mol. The van der Waals surface area contributed by atoms with Crippen molar-refractivity contribution in [1.29, 1.82) is 0 Å². The largest absolute Gasteiger partial charge is 0.497 e. The second-order valence-corrected chi connectivity index (χ2v) is 5.73. The van der Waals surface area contributed by atoms with Crippen LogP contribution in [0.4, 0.5) is 8.78 Å². The summed E-state index contributed by atoms with van der Waals surface area (Å²) >= 11 is 0. The van der Waals surface area contributed by atoms with Crippen LogP contribution in [0, 0.1) is 11.6 Å². The lowest BCUT2D eigenvalue weighted by atomic mass is 9.94. The van der Waals surface area contributed by atoms with Crippen LogP contribution in [0.3, 0.4) is 0 Å². The van der Waals surface area contributed by atoms with Gasteiger partial charge in [0.25, 0.3) is 0 Å². The third-order valence-electron chi connectivity index (χ3n) is 4.43. The van der Waals surface area contributed by atoms with Gasteiger partial charge in [-0.15, -0.1) is 0 Å². The molecule has 0 bridgehead atoms. The van der Waals surface area contributed by atoms with Gasteiger partial charge in [0.15, 0.2) is 0 Å². The molecule has 0 aliphatic carbocycles. The van der Waals surface area contributed by atoms with E-state index in [4.69, 9.17) is 4.74 Å². The van der Waals surface area contributed by atoms with Crippen LogP contribution < -0.4 is 10.1 Å². The highest BCUT2D eigenvalue weighted by molar-refractivity contribution is 5.86. The number of fused-ring (bicyclic) bond motifs is 3. The van der Waals surface area contributed by atoms with Crippen LogP contribution in [-0.2, 0) is 6.42 Å². The van der Waals surface area contributed by atoms with Crippen LogP contribution in [0.15, 0.2) is 36.4 Å². The fraction of sp³-hybridized carbons (Fsp3) is 0.222. The van der Waals surface area contributed by atoms with Crippen molar-refractivity contribution >= 4 is 10.9 Å². The number of H-pyrrole nitrogens is 1. The Balaban J connectivity index is 1.90. The van der Waals surface area contributed by atoms with Crippen molar-refractivity contribution in [2.24, 2.45) is 0 Å². The summed E-state index contributed by atoms with van der Waals surface area (Å²) in [5.41, 5.74) is 3.32. The molecule has 0 saturated carbocycles. The Labute approximate surface area is 132 Å². The Morgan fingerprint density at radius 3 is 2.83 bits per heavy atom. The van der Waals surface area contributed by atoms with Gasteiger partial charge in [-0.2, -0.15) is 0 Å². The Kier molecular flexibility index (Phi) is 3.31. The standard InChI is InChI=1S/C18H16F2N2O/c1-23-11-3-5-16-13(9-11)12-6-7-21-17(18(12)22-16)14-8-10(19)2-4-15(14)20/h2-5,8-9,17,21-22H,6-7H2,1H3. The lowest BCUT2D eigenvalue weighted by Crippen LogP contribution is -2.31. The normalized spacial score (nSPS) is 17.3. The van der Waals surface area contributed by atoms with Crippen molar-refractivity contribution in [2.75, 3.05) is 13.7 Å². The highest BCUT2D eigenvalue weighted by Crippen LogP contribution is 2.35. The molecule has 3 nitrogen and oxygen atoms in total. The number of aromatic nitrogens is 1. The van der Waals surface area contributed by atoms with Crippen LogP contribution in [0.1, 0.15) is 22.9 Å². The molecule has 1 aliphatic heterocycles. The Hall–Kier alpha value is -2.40. The van der Waals surface area contributed by atoms with Crippen LogP contribution in [0.25, 0.3) is 10.9 Å². The summed E-state index contributed by atoms with van der Waals surface area (Å²) < 4.78 is 33.0. The molecule has 3 aromatic rings. The van der Waals surface area contributed by atoms with Gasteiger partial charge in [0.05, 0.1) is 13.2 Å². The van der Waals surface area contributed by atoms with E-state index in [2.05, 4.69) is 10.3 Å². The highest BCUT2D eigenvalue weighted by Gasteiger charge is 2.27. The van der Waals surface area contributed by atoms with E-state index in [1.165, 1.54) is 12.1 Å².